The van der Waals surface area contributed by atoms with Gasteiger partial charge in [-0.1, -0.05) is 12.1 Å². The van der Waals surface area contributed by atoms with E-state index in [0.29, 0.717) is 17.4 Å². The van der Waals surface area contributed by atoms with Crippen molar-refractivity contribution in [3.05, 3.63) is 53.3 Å². The third-order valence-corrected chi connectivity index (χ3v) is 3.57. The number of aromatic nitrogens is 2. The first-order valence-corrected chi connectivity index (χ1v) is 7.01. The van der Waals surface area contributed by atoms with Crippen molar-refractivity contribution < 1.29 is 9.53 Å². The van der Waals surface area contributed by atoms with Gasteiger partial charge < -0.3 is 4.74 Å². The first kappa shape index (κ1) is 13.7. The summed E-state index contributed by atoms with van der Waals surface area (Å²) in [6, 6.07) is 9.45. The van der Waals surface area contributed by atoms with Gasteiger partial charge in [0.25, 0.3) is 5.91 Å². The van der Waals surface area contributed by atoms with Gasteiger partial charge in [-0.2, -0.15) is 0 Å². The first-order chi connectivity index (χ1) is 10.2. The van der Waals surface area contributed by atoms with Gasteiger partial charge in [0.1, 0.15) is 0 Å². The van der Waals surface area contributed by atoms with Crippen molar-refractivity contribution in [2.45, 2.75) is 19.3 Å². The van der Waals surface area contributed by atoms with Crippen molar-refractivity contribution in [1.82, 2.24) is 9.97 Å². The Labute approximate surface area is 123 Å². The van der Waals surface area contributed by atoms with E-state index in [9.17, 15) is 4.79 Å². The lowest BCUT2D eigenvalue weighted by Gasteiger charge is -2.10. The zero-order chi connectivity index (χ0) is 14.7. The lowest BCUT2D eigenvalue weighted by molar-refractivity contribution is 0.102. The van der Waals surface area contributed by atoms with Gasteiger partial charge in [-0.25, -0.2) is 9.97 Å². The molecule has 0 aliphatic carbocycles. The molecule has 5 heteroatoms. The van der Waals surface area contributed by atoms with Crippen molar-refractivity contribution in [2.24, 2.45) is 0 Å². The molecule has 0 radical (unpaired) electrons. The number of carbonyl (C=O) groups is 1. The molecule has 0 bridgehead atoms. The number of amides is 1. The maximum absolute atomic E-state index is 12.3. The van der Waals surface area contributed by atoms with Gasteiger partial charge in [0.05, 0.1) is 6.61 Å². The molecule has 1 atom stereocenters. The topological polar surface area (TPSA) is 64.1 Å². The van der Waals surface area contributed by atoms with Crippen LogP contribution in [0.5, 0.6) is 0 Å². The molecule has 1 aliphatic heterocycles. The number of benzene rings is 1. The summed E-state index contributed by atoms with van der Waals surface area (Å²) in [6.07, 6.45) is 2.64. The van der Waals surface area contributed by atoms with Crippen LogP contribution in [0.15, 0.2) is 36.5 Å². The van der Waals surface area contributed by atoms with Crippen LogP contribution in [0, 0.1) is 6.92 Å². The van der Waals surface area contributed by atoms with Gasteiger partial charge in [-0.3, -0.25) is 10.1 Å². The van der Waals surface area contributed by atoms with E-state index in [4.69, 9.17) is 4.74 Å². The van der Waals surface area contributed by atoms with Gasteiger partial charge in [0.2, 0.25) is 5.95 Å². The van der Waals surface area contributed by atoms with Crippen LogP contribution in [-0.4, -0.2) is 29.1 Å². The molecule has 5 nitrogen and oxygen atoms in total. The van der Waals surface area contributed by atoms with Crippen molar-refractivity contribution in [3.8, 4) is 0 Å². The van der Waals surface area contributed by atoms with Gasteiger partial charge in [-0.05, 0) is 37.1 Å². The molecular formula is C16H17N3O2. The number of carbonyl (C=O) groups excluding carboxylic acids is 1. The molecule has 108 valence electrons. The molecule has 0 saturated carbocycles. The summed E-state index contributed by atoms with van der Waals surface area (Å²) in [5.41, 5.74) is 2.58. The molecule has 3 rings (SSSR count). The summed E-state index contributed by atoms with van der Waals surface area (Å²) < 4.78 is 5.40. The van der Waals surface area contributed by atoms with E-state index >= 15 is 0 Å². The molecule has 0 spiro atoms. The molecule has 21 heavy (non-hydrogen) atoms. The Morgan fingerprint density at radius 3 is 3.05 bits per heavy atom. The molecule has 2 heterocycles. The van der Waals surface area contributed by atoms with Gasteiger partial charge in [0.15, 0.2) is 0 Å². The normalized spacial score (nSPS) is 17.7. The van der Waals surface area contributed by atoms with E-state index in [-0.39, 0.29) is 5.91 Å². The summed E-state index contributed by atoms with van der Waals surface area (Å²) in [7, 11) is 0. The molecule has 1 aliphatic rings. The Bertz CT molecular complexity index is 651. The predicted octanol–water partition coefficient (Wildman–Crippen LogP) is 2.54. The lowest BCUT2D eigenvalue weighted by Crippen LogP contribution is -2.15. The number of ether oxygens (including phenoxy) is 1. The van der Waals surface area contributed by atoms with Crippen LogP contribution in [0.4, 0.5) is 5.95 Å². The van der Waals surface area contributed by atoms with Gasteiger partial charge in [-0.15, -0.1) is 0 Å². The van der Waals surface area contributed by atoms with E-state index in [2.05, 4.69) is 15.3 Å². The third-order valence-electron chi connectivity index (χ3n) is 3.57. The molecule has 1 fully saturated rings. The minimum atomic E-state index is -0.193. The van der Waals surface area contributed by atoms with Crippen molar-refractivity contribution >= 4 is 11.9 Å². The largest absolute Gasteiger partial charge is 0.381 e. The number of hydrogen-bond acceptors (Lipinski definition) is 4. The highest BCUT2D eigenvalue weighted by Gasteiger charge is 2.19. The van der Waals surface area contributed by atoms with Crippen molar-refractivity contribution in [2.75, 3.05) is 18.5 Å². The molecule has 1 saturated heterocycles. The second-order valence-electron chi connectivity index (χ2n) is 5.16. The highest BCUT2D eigenvalue weighted by atomic mass is 16.5. The predicted molar refractivity (Wildman–Crippen MR) is 79.3 cm³/mol. The summed E-state index contributed by atoms with van der Waals surface area (Å²) in [6.45, 7) is 3.38. The minimum Gasteiger partial charge on any atom is -0.381 e. The molecule has 1 aromatic carbocycles. The Hall–Kier alpha value is -2.27. The molecule has 1 unspecified atom stereocenters. The standard InChI is InChI=1S/C16H17N3O2/c1-11-5-7-17-16(18-11)19-15(20)13-4-2-3-12(9-13)14-6-8-21-10-14/h2-5,7,9,14H,6,8,10H2,1H3,(H,17,18,19,20). The summed E-state index contributed by atoms with van der Waals surface area (Å²) >= 11 is 0. The van der Waals surface area contributed by atoms with Crippen LogP contribution >= 0.6 is 0 Å². The molecule has 1 N–H and O–H groups in total. The fourth-order valence-electron chi connectivity index (χ4n) is 2.41. The molecular weight excluding hydrogens is 266 g/mol. The molecule has 1 aromatic heterocycles. The van der Waals surface area contributed by atoms with Crippen molar-refractivity contribution in [1.29, 1.82) is 0 Å². The van der Waals surface area contributed by atoms with Crippen LogP contribution in [0.1, 0.15) is 34.0 Å². The van der Waals surface area contributed by atoms with E-state index in [1.807, 2.05) is 25.1 Å². The number of rotatable bonds is 3. The van der Waals surface area contributed by atoms with Crippen LogP contribution in [0.25, 0.3) is 0 Å². The Kier molecular flexibility index (Phi) is 3.92. The Morgan fingerprint density at radius 1 is 1.38 bits per heavy atom. The maximum atomic E-state index is 12.3. The zero-order valence-electron chi connectivity index (χ0n) is 11.9. The summed E-state index contributed by atoms with van der Waals surface area (Å²) in [5.74, 6) is 0.518. The van der Waals surface area contributed by atoms with E-state index in [1.165, 1.54) is 0 Å². The SMILES string of the molecule is Cc1ccnc(NC(=O)c2cccc(C3CCOC3)c2)n1. The van der Waals surface area contributed by atoms with E-state index in [1.54, 1.807) is 18.3 Å². The van der Waals surface area contributed by atoms with Crippen LogP contribution < -0.4 is 5.32 Å². The number of hydrogen-bond donors (Lipinski definition) is 1. The van der Waals surface area contributed by atoms with Gasteiger partial charge >= 0.3 is 0 Å². The average Bonchev–Trinajstić information content (AvgIpc) is 3.02. The highest BCUT2D eigenvalue weighted by Crippen LogP contribution is 2.25. The monoisotopic (exact) mass is 283 g/mol. The number of anilines is 1. The Morgan fingerprint density at radius 2 is 2.29 bits per heavy atom. The average molecular weight is 283 g/mol. The van der Waals surface area contributed by atoms with Crippen LogP contribution in [0.3, 0.4) is 0 Å². The second kappa shape index (κ2) is 6.01. The summed E-state index contributed by atoms with van der Waals surface area (Å²) in [5, 5.41) is 2.72. The smallest absolute Gasteiger partial charge is 0.258 e. The maximum Gasteiger partial charge on any atom is 0.258 e. The van der Waals surface area contributed by atoms with Crippen LogP contribution in [-0.2, 0) is 4.74 Å². The quantitative estimate of drug-likeness (QED) is 0.940. The zero-order valence-corrected chi connectivity index (χ0v) is 11.9. The number of aryl methyl sites for hydroxylation is 1. The Balaban J connectivity index is 1.76. The third kappa shape index (κ3) is 3.25. The fraction of sp³-hybridized carbons (Fsp3) is 0.312. The highest BCUT2D eigenvalue weighted by molar-refractivity contribution is 6.03. The lowest BCUT2D eigenvalue weighted by atomic mass is 9.96. The fourth-order valence-corrected chi connectivity index (χ4v) is 2.41. The molecule has 1 amide bonds. The number of nitrogens with one attached hydrogen (secondary N) is 1. The number of nitrogens with zero attached hydrogens (tertiary/aromatic N) is 2. The van der Waals surface area contributed by atoms with Crippen LogP contribution in [0.2, 0.25) is 0 Å². The van der Waals surface area contributed by atoms with Gasteiger partial charge in [0, 0.05) is 30.0 Å². The minimum absolute atomic E-state index is 0.193. The summed E-state index contributed by atoms with van der Waals surface area (Å²) in [4.78, 5) is 20.5. The molecule has 2 aromatic rings. The van der Waals surface area contributed by atoms with E-state index < -0.39 is 0 Å². The van der Waals surface area contributed by atoms with Crippen molar-refractivity contribution in [3.63, 3.8) is 0 Å². The first-order valence-electron chi connectivity index (χ1n) is 7.01. The second-order valence-corrected chi connectivity index (χ2v) is 5.16. The van der Waals surface area contributed by atoms with E-state index in [0.717, 1.165) is 30.9 Å².